The van der Waals surface area contributed by atoms with E-state index in [9.17, 15) is 0 Å². The Morgan fingerprint density at radius 1 is 1.04 bits per heavy atom. The lowest BCUT2D eigenvalue weighted by Crippen LogP contribution is -2.42. The van der Waals surface area contributed by atoms with Gasteiger partial charge in [-0.1, -0.05) is 30.3 Å². The Morgan fingerprint density at radius 2 is 1.71 bits per heavy atom. The average Bonchev–Trinajstić information content (AvgIpc) is 2.64. The summed E-state index contributed by atoms with van der Waals surface area (Å²) in [4.78, 5) is 2.63. The van der Waals surface area contributed by atoms with E-state index >= 15 is 0 Å². The van der Waals surface area contributed by atoms with Crippen LogP contribution in [0.5, 0.6) is 0 Å². The van der Waals surface area contributed by atoms with Gasteiger partial charge in [0.25, 0.3) is 0 Å². The molecule has 3 heteroatoms. The van der Waals surface area contributed by atoms with Crippen molar-refractivity contribution in [3.8, 4) is 0 Å². The van der Waals surface area contributed by atoms with Crippen LogP contribution in [-0.4, -0.2) is 43.7 Å². The first kappa shape index (κ1) is 17.9. The van der Waals surface area contributed by atoms with E-state index in [-0.39, 0.29) is 0 Å². The SMILES string of the molecule is C[C@@H](COCc1ccccc1)N1CCC(CC2CCNCC2)CC1. The van der Waals surface area contributed by atoms with E-state index in [0.717, 1.165) is 25.0 Å². The second-order valence-electron chi connectivity index (χ2n) is 7.76. The molecule has 1 N–H and O–H groups in total. The van der Waals surface area contributed by atoms with Crippen molar-refractivity contribution in [3.63, 3.8) is 0 Å². The molecule has 1 aromatic carbocycles. The minimum Gasteiger partial charge on any atom is -0.375 e. The highest BCUT2D eigenvalue weighted by molar-refractivity contribution is 5.13. The fourth-order valence-electron chi connectivity index (χ4n) is 4.25. The predicted octanol–water partition coefficient (Wildman–Crippen LogP) is 3.69. The van der Waals surface area contributed by atoms with Crippen LogP contribution in [0.15, 0.2) is 30.3 Å². The third-order valence-electron chi connectivity index (χ3n) is 5.87. The van der Waals surface area contributed by atoms with Crippen molar-refractivity contribution in [2.75, 3.05) is 32.8 Å². The monoisotopic (exact) mass is 330 g/mol. The molecule has 3 nitrogen and oxygen atoms in total. The molecule has 0 bridgehead atoms. The zero-order valence-electron chi connectivity index (χ0n) is 15.3. The smallest absolute Gasteiger partial charge is 0.0717 e. The molecular formula is C21H34N2O. The molecule has 0 amide bonds. The summed E-state index contributed by atoms with van der Waals surface area (Å²) >= 11 is 0. The van der Waals surface area contributed by atoms with Crippen LogP contribution in [0.1, 0.15) is 44.6 Å². The number of nitrogens with one attached hydrogen (secondary N) is 1. The fraction of sp³-hybridized carbons (Fsp3) is 0.714. The van der Waals surface area contributed by atoms with E-state index in [2.05, 4.69) is 47.5 Å². The van der Waals surface area contributed by atoms with Crippen molar-refractivity contribution in [1.82, 2.24) is 10.2 Å². The Balaban J connectivity index is 1.32. The van der Waals surface area contributed by atoms with Crippen LogP contribution >= 0.6 is 0 Å². The number of hydrogen-bond donors (Lipinski definition) is 1. The molecule has 2 aliphatic heterocycles. The van der Waals surface area contributed by atoms with Crippen molar-refractivity contribution in [3.05, 3.63) is 35.9 Å². The van der Waals surface area contributed by atoms with Gasteiger partial charge in [0.2, 0.25) is 0 Å². The zero-order valence-corrected chi connectivity index (χ0v) is 15.3. The number of nitrogens with zero attached hydrogens (tertiary/aromatic N) is 1. The van der Waals surface area contributed by atoms with Gasteiger partial charge in [0, 0.05) is 6.04 Å². The van der Waals surface area contributed by atoms with Crippen molar-refractivity contribution in [2.24, 2.45) is 11.8 Å². The molecule has 2 saturated heterocycles. The summed E-state index contributed by atoms with van der Waals surface area (Å²) in [6.07, 6.45) is 7.02. The van der Waals surface area contributed by atoms with Crippen LogP contribution in [0, 0.1) is 11.8 Å². The number of likely N-dealkylation sites (tertiary alicyclic amines) is 1. The molecule has 24 heavy (non-hydrogen) atoms. The molecule has 0 spiro atoms. The minimum atomic E-state index is 0.536. The lowest BCUT2D eigenvalue weighted by atomic mass is 9.83. The molecule has 3 rings (SSSR count). The maximum atomic E-state index is 5.93. The minimum absolute atomic E-state index is 0.536. The molecule has 1 aromatic rings. The van der Waals surface area contributed by atoms with Gasteiger partial charge in [-0.2, -0.15) is 0 Å². The molecular weight excluding hydrogens is 296 g/mol. The van der Waals surface area contributed by atoms with Gasteiger partial charge in [0.15, 0.2) is 0 Å². The number of benzene rings is 1. The van der Waals surface area contributed by atoms with Gasteiger partial charge in [-0.3, -0.25) is 4.90 Å². The first-order chi connectivity index (χ1) is 11.8. The van der Waals surface area contributed by atoms with Crippen LogP contribution < -0.4 is 5.32 Å². The average molecular weight is 331 g/mol. The molecule has 2 fully saturated rings. The van der Waals surface area contributed by atoms with Crippen LogP contribution in [0.3, 0.4) is 0 Å². The molecule has 134 valence electrons. The summed E-state index contributed by atoms with van der Waals surface area (Å²) in [5, 5.41) is 3.48. The van der Waals surface area contributed by atoms with E-state index in [1.165, 1.54) is 63.8 Å². The van der Waals surface area contributed by atoms with Gasteiger partial charge < -0.3 is 10.1 Å². The number of rotatable bonds is 7. The first-order valence-electron chi connectivity index (χ1n) is 9.87. The Morgan fingerprint density at radius 3 is 2.42 bits per heavy atom. The normalized spacial score (nSPS) is 22.5. The van der Waals surface area contributed by atoms with Gasteiger partial charge in [0.05, 0.1) is 13.2 Å². The molecule has 2 heterocycles. The summed E-state index contributed by atoms with van der Waals surface area (Å²) < 4.78 is 5.93. The maximum absolute atomic E-state index is 5.93. The number of hydrogen-bond acceptors (Lipinski definition) is 3. The van der Waals surface area contributed by atoms with Gasteiger partial charge in [-0.05, 0) is 82.6 Å². The van der Waals surface area contributed by atoms with Gasteiger partial charge in [-0.15, -0.1) is 0 Å². The highest BCUT2D eigenvalue weighted by atomic mass is 16.5. The molecule has 0 aliphatic carbocycles. The van der Waals surface area contributed by atoms with E-state index in [1.807, 2.05) is 0 Å². The van der Waals surface area contributed by atoms with Crippen molar-refractivity contribution in [1.29, 1.82) is 0 Å². The second-order valence-corrected chi connectivity index (χ2v) is 7.76. The lowest BCUT2D eigenvalue weighted by molar-refractivity contribution is 0.0390. The van der Waals surface area contributed by atoms with E-state index in [0.29, 0.717) is 6.04 Å². The predicted molar refractivity (Wildman–Crippen MR) is 100 cm³/mol. The largest absolute Gasteiger partial charge is 0.375 e. The first-order valence-corrected chi connectivity index (χ1v) is 9.87. The zero-order chi connectivity index (χ0) is 16.6. The lowest BCUT2D eigenvalue weighted by Gasteiger charge is -2.37. The van der Waals surface area contributed by atoms with Crippen molar-refractivity contribution in [2.45, 2.75) is 51.7 Å². The number of ether oxygens (including phenoxy) is 1. The Bertz CT molecular complexity index is 450. The molecule has 0 aromatic heterocycles. The third kappa shape index (κ3) is 5.58. The van der Waals surface area contributed by atoms with Gasteiger partial charge in [-0.25, -0.2) is 0 Å². The Hall–Kier alpha value is -0.900. The van der Waals surface area contributed by atoms with E-state index in [4.69, 9.17) is 4.74 Å². The summed E-state index contributed by atoms with van der Waals surface area (Å²) in [5.74, 6) is 1.94. The Labute approximate surface area is 147 Å². The maximum Gasteiger partial charge on any atom is 0.0717 e. The van der Waals surface area contributed by atoms with Crippen LogP contribution in [-0.2, 0) is 11.3 Å². The van der Waals surface area contributed by atoms with E-state index < -0.39 is 0 Å². The Kier molecular flexibility index (Phi) is 7.13. The topological polar surface area (TPSA) is 24.5 Å². The highest BCUT2D eigenvalue weighted by Crippen LogP contribution is 2.29. The fourth-order valence-corrected chi connectivity index (χ4v) is 4.25. The molecule has 0 unspecified atom stereocenters. The van der Waals surface area contributed by atoms with E-state index in [1.54, 1.807) is 0 Å². The summed E-state index contributed by atoms with van der Waals surface area (Å²) in [6.45, 7) is 8.87. The second kappa shape index (κ2) is 9.55. The number of piperidine rings is 2. The molecule has 0 saturated carbocycles. The standard InChI is InChI=1S/C21H34N2O/c1-18(16-24-17-21-5-3-2-4-6-21)23-13-9-20(10-14-23)15-19-7-11-22-12-8-19/h2-6,18-20,22H,7-17H2,1H3/t18-/m0/s1. The van der Waals surface area contributed by atoms with Crippen molar-refractivity contribution < 1.29 is 4.74 Å². The van der Waals surface area contributed by atoms with Crippen LogP contribution in [0.2, 0.25) is 0 Å². The summed E-state index contributed by atoms with van der Waals surface area (Å²) in [7, 11) is 0. The van der Waals surface area contributed by atoms with Crippen LogP contribution in [0.4, 0.5) is 0 Å². The molecule has 1 atom stereocenters. The van der Waals surface area contributed by atoms with Gasteiger partial charge >= 0.3 is 0 Å². The third-order valence-corrected chi connectivity index (χ3v) is 5.87. The quantitative estimate of drug-likeness (QED) is 0.825. The summed E-state index contributed by atoms with van der Waals surface area (Å²) in [6, 6.07) is 11.0. The molecule has 2 aliphatic rings. The highest BCUT2D eigenvalue weighted by Gasteiger charge is 2.25. The van der Waals surface area contributed by atoms with Gasteiger partial charge in [0.1, 0.15) is 0 Å². The summed E-state index contributed by atoms with van der Waals surface area (Å²) in [5.41, 5.74) is 1.27. The van der Waals surface area contributed by atoms with Crippen molar-refractivity contribution >= 4 is 0 Å². The molecule has 0 radical (unpaired) electrons. The van der Waals surface area contributed by atoms with Crippen LogP contribution in [0.25, 0.3) is 0 Å².